The predicted molar refractivity (Wildman–Crippen MR) is 86.8 cm³/mol. The number of hydrogen-bond acceptors (Lipinski definition) is 3. The van der Waals surface area contributed by atoms with Gasteiger partial charge in [0.05, 0.1) is 19.4 Å². The minimum atomic E-state index is 0.0848. The fraction of sp³-hybridized carbons (Fsp3) is 1.00. The first-order valence-electron chi connectivity index (χ1n) is 8.74. The summed E-state index contributed by atoms with van der Waals surface area (Å²) in [5.74, 6) is 0. The molecule has 0 aliphatic carbocycles. The second kappa shape index (κ2) is 9.75. The van der Waals surface area contributed by atoms with Gasteiger partial charge in [-0.2, -0.15) is 0 Å². The van der Waals surface area contributed by atoms with Crippen LogP contribution in [0.5, 0.6) is 0 Å². The maximum absolute atomic E-state index is 6.30. The molecule has 0 aromatic carbocycles. The number of rotatable bonds is 10. The van der Waals surface area contributed by atoms with Gasteiger partial charge in [-0.25, -0.2) is 0 Å². The van der Waals surface area contributed by atoms with Gasteiger partial charge in [-0.3, -0.25) is 4.90 Å². The van der Waals surface area contributed by atoms with E-state index in [0.29, 0.717) is 6.61 Å². The second-order valence-corrected chi connectivity index (χ2v) is 6.60. The van der Waals surface area contributed by atoms with Gasteiger partial charge >= 0.3 is 0 Å². The molecular weight excluding hydrogens is 248 g/mol. The molecule has 0 aromatic rings. The van der Waals surface area contributed by atoms with Gasteiger partial charge in [0, 0.05) is 12.1 Å². The normalized spacial score (nSPS) is 23.7. The van der Waals surface area contributed by atoms with Crippen LogP contribution in [0.15, 0.2) is 0 Å². The number of hydrogen-bond donors (Lipinski definition) is 1. The van der Waals surface area contributed by atoms with Crippen LogP contribution in [0.3, 0.4) is 0 Å². The van der Waals surface area contributed by atoms with Gasteiger partial charge in [-0.05, 0) is 19.8 Å². The first-order valence-corrected chi connectivity index (χ1v) is 8.74. The lowest BCUT2D eigenvalue weighted by molar-refractivity contribution is -0.0646. The molecule has 1 fully saturated rings. The molecule has 1 saturated heterocycles. The van der Waals surface area contributed by atoms with E-state index in [-0.39, 0.29) is 11.7 Å². The molecule has 1 rings (SSSR count). The van der Waals surface area contributed by atoms with Crippen molar-refractivity contribution in [2.45, 2.75) is 90.3 Å². The van der Waals surface area contributed by atoms with E-state index in [1.54, 1.807) is 0 Å². The Bertz CT molecular complexity index is 247. The Morgan fingerprint density at radius 1 is 1.05 bits per heavy atom. The zero-order valence-corrected chi connectivity index (χ0v) is 14.0. The highest BCUT2D eigenvalue weighted by Gasteiger charge is 2.35. The predicted octanol–water partition coefficient (Wildman–Crippen LogP) is 3.91. The van der Waals surface area contributed by atoms with Crippen molar-refractivity contribution in [2.24, 2.45) is 5.73 Å². The quantitative estimate of drug-likeness (QED) is 0.618. The molecule has 120 valence electrons. The van der Waals surface area contributed by atoms with Gasteiger partial charge in [-0.15, -0.1) is 0 Å². The van der Waals surface area contributed by atoms with Crippen LogP contribution in [-0.4, -0.2) is 36.4 Å². The first-order chi connectivity index (χ1) is 9.64. The van der Waals surface area contributed by atoms with E-state index in [2.05, 4.69) is 25.7 Å². The Morgan fingerprint density at radius 2 is 1.65 bits per heavy atom. The van der Waals surface area contributed by atoms with E-state index in [1.165, 1.54) is 57.8 Å². The fourth-order valence-electron chi connectivity index (χ4n) is 3.39. The highest BCUT2D eigenvalue weighted by Crippen LogP contribution is 2.31. The molecule has 2 atom stereocenters. The smallest absolute Gasteiger partial charge is 0.0818 e. The lowest BCUT2D eigenvalue weighted by Crippen LogP contribution is -2.60. The zero-order valence-electron chi connectivity index (χ0n) is 14.0. The lowest BCUT2D eigenvalue weighted by atomic mass is 9.85. The van der Waals surface area contributed by atoms with Crippen LogP contribution in [0, 0.1) is 0 Å². The maximum atomic E-state index is 6.30. The van der Waals surface area contributed by atoms with E-state index >= 15 is 0 Å². The summed E-state index contributed by atoms with van der Waals surface area (Å²) in [6.45, 7) is 9.51. The van der Waals surface area contributed by atoms with Gasteiger partial charge in [0.15, 0.2) is 0 Å². The summed E-state index contributed by atoms with van der Waals surface area (Å²) in [6.07, 6.45) is 12.0. The number of ether oxygens (including phenoxy) is 1. The molecule has 1 aliphatic rings. The van der Waals surface area contributed by atoms with Gasteiger partial charge < -0.3 is 10.5 Å². The van der Waals surface area contributed by atoms with Gasteiger partial charge in [0.1, 0.15) is 0 Å². The van der Waals surface area contributed by atoms with Crippen molar-refractivity contribution < 1.29 is 4.74 Å². The molecule has 2 unspecified atom stereocenters. The molecular formula is C17H36N2O. The first kappa shape index (κ1) is 17.9. The maximum Gasteiger partial charge on any atom is 0.0818 e. The van der Waals surface area contributed by atoms with E-state index in [4.69, 9.17) is 10.5 Å². The standard InChI is InChI=1S/C17H36N2O/c1-4-6-8-10-12-17(3,11-9-7-5-2)19-13-14-20-15-16(19)18/h16H,4-15,18H2,1-3H3. The Morgan fingerprint density at radius 3 is 2.25 bits per heavy atom. The summed E-state index contributed by atoms with van der Waals surface area (Å²) >= 11 is 0. The van der Waals surface area contributed by atoms with Crippen LogP contribution in [0.1, 0.15) is 78.6 Å². The molecule has 0 saturated carbocycles. The van der Waals surface area contributed by atoms with Gasteiger partial charge in [-0.1, -0.05) is 58.8 Å². The summed E-state index contributed by atoms with van der Waals surface area (Å²) in [4.78, 5) is 2.53. The summed E-state index contributed by atoms with van der Waals surface area (Å²) in [5, 5.41) is 0. The third-order valence-corrected chi connectivity index (χ3v) is 4.75. The van der Waals surface area contributed by atoms with Crippen LogP contribution in [0.25, 0.3) is 0 Å². The van der Waals surface area contributed by atoms with Crippen molar-refractivity contribution in [3.8, 4) is 0 Å². The van der Waals surface area contributed by atoms with Crippen molar-refractivity contribution in [3.05, 3.63) is 0 Å². The molecule has 1 heterocycles. The number of morpholine rings is 1. The average molecular weight is 284 g/mol. The fourth-order valence-corrected chi connectivity index (χ4v) is 3.39. The third-order valence-electron chi connectivity index (χ3n) is 4.75. The lowest BCUT2D eigenvalue weighted by Gasteiger charge is -2.47. The van der Waals surface area contributed by atoms with E-state index in [0.717, 1.165) is 13.2 Å². The average Bonchev–Trinajstić information content (AvgIpc) is 2.44. The monoisotopic (exact) mass is 284 g/mol. The molecule has 0 bridgehead atoms. The van der Waals surface area contributed by atoms with Crippen LogP contribution in [0.4, 0.5) is 0 Å². The number of unbranched alkanes of at least 4 members (excludes halogenated alkanes) is 5. The van der Waals surface area contributed by atoms with Crippen molar-refractivity contribution in [3.63, 3.8) is 0 Å². The van der Waals surface area contributed by atoms with Crippen molar-refractivity contribution >= 4 is 0 Å². The molecule has 3 heteroatoms. The minimum absolute atomic E-state index is 0.0848. The van der Waals surface area contributed by atoms with E-state index in [9.17, 15) is 0 Å². The highest BCUT2D eigenvalue weighted by molar-refractivity contribution is 4.90. The molecule has 0 radical (unpaired) electrons. The van der Waals surface area contributed by atoms with Gasteiger partial charge in [0.2, 0.25) is 0 Å². The SMILES string of the molecule is CCCCCCC(C)(CCCCC)N1CCOCC1N. The summed E-state index contributed by atoms with van der Waals surface area (Å²) in [5.41, 5.74) is 6.57. The molecule has 0 spiro atoms. The largest absolute Gasteiger partial charge is 0.377 e. The van der Waals surface area contributed by atoms with Gasteiger partial charge in [0.25, 0.3) is 0 Å². The molecule has 2 N–H and O–H groups in total. The summed E-state index contributed by atoms with van der Waals surface area (Å²) in [7, 11) is 0. The van der Waals surface area contributed by atoms with Crippen LogP contribution in [0.2, 0.25) is 0 Å². The van der Waals surface area contributed by atoms with Crippen LogP contribution >= 0.6 is 0 Å². The van der Waals surface area contributed by atoms with Crippen molar-refractivity contribution in [1.82, 2.24) is 4.90 Å². The Kier molecular flexibility index (Phi) is 8.74. The molecule has 3 nitrogen and oxygen atoms in total. The Hall–Kier alpha value is -0.120. The molecule has 0 amide bonds. The molecule has 0 aromatic heterocycles. The Balaban J connectivity index is 2.55. The zero-order chi connectivity index (χ0) is 14.8. The number of nitrogens with two attached hydrogens (primary N) is 1. The third kappa shape index (κ3) is 5.71. The van der Waals surface area contributed by atoms with E-state index < -0.39 is 0 Å². The molecule has 1 aliphatic heterocycles. The summed E-state index contributed by atoms with van der Waals surface area (Å²) in [6, 6.07) is 0. The van der Waals surface area contributed by atoms with Crippen LogP contribution < -0.4 is 5.73 Å². The topological polar surface area (TPSA) is 38.5 Å². The molecule has 20 heavy (non-hydrogen) atoms. The van der Waals surface area contributed by atoms with Crippen molar-refractivity contribution in [1.29, 1.82) is 0 Å². The summed E-state index contributed by atoms with van der Waals surface area (Å²) < 4.78 is 5.51. The van der Waals surface area contributed by atoms with Crippen LogP contribution in [-0.2, 0) is 4.74 Å². The number of nitrogens with zero attached hydrogens (tertiary/aromatic N) is 1. The second-order valence-electron chi connectivity index (χ2n) is 6.60. The van der Waals surface area contributed by atoms with E-state index in [1.807, 2.05) is 0 Å². The highest BCUT2D eigenvalue weighted by atomic mass is 16.5. The minimum Gasteiger partial charge on any atom is -0.377 e. The Labute approximate surface area is 126 Å². The van der Waals surface area contributed by atoms with Crippen molar-refractivity contribution in [2.75, 3.05) is 19.8 Å².